The third-order valence-corrected chi connectivity index (χ3v) is 14.1. The molecule has 0 radical (unpaired) electrons. The van der Waals surface area contributed by atoms with Gasteiger partial charge in [-0.1, -0.05) is 12.1 Å². The van der Waals surface area contributed by atoms with Crippen LogP contribution in [0.2, 0.25) is 0 Å². The number of thioether (sulfide) groups is 1. The summed E-state index contributed by atoms with van der Waals surface area (Å²) in [6.07, 6.45) is 2.82. The number of nitriles is 1. The van der Waals surface area contributed by atoms with Gasteiger partial charge in [0.05, 0.1) is 37.6 Å². The van der Waals surface area contributed by atoms with Gasteiger partial charge < -0.3 is 38.6 Å². The molecule has 2 fully saturated rings. The van der Waals surface area contributed by atoms with Crippen LogP contribution in [0.1, 0.15) is 68.8 Å². The molecular weight excluding hydrogens is 753 g/mol. The molecule has 7 heterocycles. The van der Waals surface area contributed by atoms with Crippen LogP contribution in [0.3, 0.4) is 0 Å². The maximum absolute atomic E-state index is 14.8. The van der Waals surface area contributed by atoms with Crippen molar-refractivity contribution in [2.75, 3.05) is 46.5 Å². The monoisotopic (exact) mass is 796 g/mol. The van der Waals surface area contributed by atoms with Crippen LogP contribution in [0.15, 0.2) is 30.9 Å². The quantitative estimate of drug-likeness (QED) is 0.187. The first-order valence-electron chi connectivity index (χ1n) is 19.0. The summed E-state index contributed by atoms with van der Waals surface area (Å²) in [5.74, 6) is 0.869. The Morgan fingerprint density at radius 1 is 1.11 bits per heavy atom. The van der Waals surface area contributed by atoms with Crippen LogP contribution in [-0.2, 0) is 32.7 Å². The number of benzene rings is 3. The van der Waals surface area contributed by atoms with E-state index in [4.69, 9.17) is 28.4 Å². The molecular formula is C42H44N4O10S. The van der Waals surface area contributed by atoms with Gasteiger partial charge in [0.25, 0.3) is 0 Å². The summed E-state index contributed by atoms with van der Waals surface area (Å²) in [5, 5.41) is 37.2. The van der Waals surface area contributed by atoms with Gasteiger partial charge >= 0.3 is 11.9 Å². The number of piperazine rings is 1. The van der Waals surface area contributed by atoms with Crippen molar-refractivity contribution in [3.8, 4) is 46.3 Å². The van der Waals surface area contributed by atoms with E-state index in [0.717, 1.165) is 16.7 Å². The molecule has 1 spiro atoms. The lowest BCUT2D eigenvalue weighted by molar-refractivity contribution is -0.157. The standard InChI is InChI=1S/C42H44N4O10S/c1-7-10-45-25-12-23-11-19(2)36(52-6)35(49)30(23)33(45)34-40-32-31(39-38(54-18-55-39)20(3)37(32)56-21(4)47)27(46(34)26(25)15-43)16-53-41(50)42(17-57-40)24-14-29(51-5)28(48)13-22(24)8-9-44-42/h7,11,13-14,25-27,33-34,40,44,48-49H,1,8-10,12,16-18H2,2-6H3/t25-,26-,27-,33?,34?,40+,42+/m0/s1. The van der Waals surface area contributed by atoms with Crippen molar-refractivity contribution in [1.82, 2.24) is 15.1 Å². The molecule has 3 aromatic carbocycles. The van der Waals surface area contributed by atoms with E-state index in [9.17, 15) is 25.1 Å². The number of esters is 2. The van der Waals surface area contributed by atoms with Crippen LogP contribution in [0.5, 0.6) is 40.2 Å². The van der Waals surface area contributed by atoms with E-state index in [1.807, 2.05) is 26.0 Å². The molecule has 2 saturated heterocycles. The maximum atomic E-state index is 14.8. The van der Waals surface area contributed by atoms with Gasteiger partial charge in [0.15, 0.2) is 40.0 Å². The van der Waals surface area contributed by atoms with Crippen LogP contribution < -0.4 is 29.0 Å². The Kier molecular flexibility index (Phi) is 9.04. The lowest BCUT2D eigenvalue weighted by atomic mass is 9.71. The maximum Gasteiger partial charge on any atom is 0.331 e. The number of aryl methyl sites for hydroxylation is 1. The Morgan fingerprint density at radius 2 is 1.89 bits per heavy atom. The highest BCUT2D eigenvalue weighted by molar-refractivity contribution is 7.99. The van der Waals surface area contributed by atoms with Crippen molar-refractivity contribution in [2.45, 2.75) is 74.6 Å². The lowest BCUT2D eigenvalue weighted by Gasteiger charge is -2.62. The van der Waals surface area contributed by atoms with Gasteiger partial charge in [0.2, 0.25) is 6.79 Å². The van der Waals surface area contributed by atoms with Crippen molar-refractivity contribution < 1.29 is 48.2 Å². The highest BCUT2D eigenvalue weighted by Gasteiger charge is 2.62. The van der Waals surface area contributed by atoms with E-state index in [2.05, 4.69) is 27.8 Å². The highest BCUT2D eigenvalue weighted by Crippen LogP contribution is 2.65. The van der Waals surface area contributed by atoms with E-state index < -0.39 is 46.9 Å². The number of nitrogens with one attached hydrogen (secondary N) is 1. The largest absolute Gasteiger partial charge is 0.504 e. The summed E-state index contributed by atoms with van der Waals surface area (Å²) in [5.41, 5.74) is 4.30. The number of carbonyl (C=O) groups is 2. The van der Waals surface area contributed by atoms with E-state index in [0.29, 0.717) is 76.7 Å². The summed E-state index contributed by atoms with van der Waals surface area (Å²) < 4.78 is 36.2. The van der Waals surface area contributed by atoms with Crippen molar-refractivity contribution in [3.63, 3.8) is 0 Å². The minimum Gasteiger partial charge on any atom is -0.504 e. The number of hydrogen-bond donors (Lipinski definition) is 3. The molecule has 7 aliphatic heterocycles. The predicted molar refractivity (Wildman–Crippen MR) is 207 cm³/mol. The topological polar surface area (TPSA) is 172 Å². The van der Waals surface area contributed by atoms with Gasteiger partial charge in [-0.3, -0.25) is 19.9 Å². The smallest absolute Gasteiger partial charge is 0.331 e. The Hall–Kier alpha value is -5.14. The first-order chi connectivity index (χ1) is 27.5. The zero-order valence-electron chi connectivity index (χ0n) is 32.3. The van der Waals surface area contributed by atoms with Crippen LogP contribution in [0.25, 0.3) is 0 Å². The predicted octanol–water partition coefficient (Wildman–Crippen LogP) is 4.54. The molecule has 4 bridgehead atoms. The Labute approximate surface area is 334 Å². The number of fused-ring (bicyclic) bond motifs is 9. The second kappa shape index (κ2) is 13.8. The van der Waals surface area contributed by atoms with Crippen LogP contribution in [0.4, 0.5) is 0 Å². The number of carbonyl (C=O) groups excluding carboxylic acids is 2. The molecule has 57 heavy (non-hydrogen) atoms. The highest BCUT2D eigenvalue weighted by atomic mass is 32.2. The minimum atomic E-state index is -1.38. The van der Waals surface area contributed by atoms with Gasteiger partial charge in [-0.25, -0.2) is 4.79 Å². The molecule has 14 nitrogen and oxygen atoms in total. The Balaban J connectivity index is 1.35. The Morgan fingerprint density at radius 3 is 2.61 bits per heavy atom. The number of nitrogens with zero attached hydrogens (tertiary/aromatic N) is 3. The van der Waals surface area contributed by atoms with Crippen molar-refractivity contribution in [1.29, 1.82) is 5.26 Å². The van der Waals surface area contributed by atoms with Gasteiger partial charge in [-0.2, -0.15) is 5.26 Å². The average Bonchev–Trinajstić information content (AvgIpc) is 3.68. The SMILES string of the molecule is C=CCN1C2c3c(cc(C)c(OC)c3O)C[C@H]1[C@H](C#N)N1C2[C@@H]2SC[C@]3(NCCc4cc(O)c(OC)cc43)C(=O)OC[C@H]1c1c3c(c(C)c(OC(C)=O)c12)OCO3. The first kappa shape index (κ1) is 37.4. The number of rotatable bonds is 5. The number of phenolic OH excluding ortho intramolecular Hbond substituents is 2. The fourth-order valence-corrected chi connectivity index (χ4v) is 12.1. The van der Waals surface area contributed by atoms with Gasteiger partial charge in [0, 0.05) is 60.1 Å². The third kappa shape index (κ3) is 5.26. The zero-order valence-corrected chi connectivity index (χ0v) is 33.2. The molecule has 7 atom stereocenters. The molecule has 0 amide bonds. The van der Waals surface area contributed by atoms with Crippen LogP contribution in [0, 0.1) is 25.2 Å². The second-order valence-electron chi connectivity index (χ2n) is 15.4. The Bertz CT molecular complexity index is 2290. The van der Waals surface area contributed by atoms with E-state index in [1.165, 1.54) is 32.9 Å². The van der Waals surface area contributed by atoms with Gasteiger partial charge in [-0.05, 0) is 61.1 Å². The molecule has 3 aromatic rings. The summed E-state index contributed by atoms with van der Waals surface area (Å²) in [6.45, 7) is 9.75. The van der Waals surface area contributed by atoms with Crippen molar-refractivity contribution in [2.24, 2.45) is 0 Å². The van der Waals surface area contributed by atoms with E-state index in [-0.39, 0.29) is 42.4 Å². The molecule has 3 N–H and O–H groups in total. The van der Waals surface area contributed by atoms with Crippen molar-refractivity contribution >= 4 is 23.7 Å². The van der Waals surface area contributed by atoms with Crippen LogP contribution >= 0.6 is 11.8 Å². The summed E-state index contributed by atoms with van der Waals surface area (Å²) >= 11 is 1.47. The van der Waals surface area contributed by atoms with E-state index in [1.54, 1.807) is 12.1 Å². The number of methoxy groups -OCH3 is 2. The minimum absolute atomic E-state index is 0.0262. The summed E-state index contributed by atoms with van der Waals surface area (Å²) in [6, 6.07) is 5.08. The van der Waals surface area contributed by atoms with Gasteiger partial charge in [0.1, 0.15) is 18.4 Å². The third-order valence-electron chi connectivity index (χ3n) is 12.6. The molecule has 2 unspecified atom stereocenters. The second-order valence-corrected chi connectivity index (χ2v) is 16.5. The first-order valence-corrected chi connectivity index (χ1v) is 20.1. The molecule has 15 heteroatoms. The molecule has 298 valence electrons. The molecule has 0 saturated carbocycles. The fourth-order valence-electron chi connectivity index (χ4n) is 10.4. The van der Waals surface area contributed by atoms with E-state index >= 15 is 0 Å². The normalized spacial score (nSPS) is 28.2. The van der Waals surface area contributed by atoms with Gasteiger partial charge in [-0.15, -0.1) is 18.3 Å². The summed E-state index contributed by atoms with van der Waals surface area (Å²) in [7, 11) is 3.00. The number of ether oxygens (including phenoxy) is 6. The van der Waals surface area contributed by atoms with Crippen molar-refractivity contribution in [3.05, 3.63) is 75.4 Å². The lowest BCUT2D eigenvalue weighted by Crippen LogP contribution is -2.70. The fraction of sp³-hybridized carbons (Fsp3) is 0.452. The molecule has 7 aliphatic rings. The number of phenols is 2. The zero-order chi connectivity index (χ0) is 40.1. The average molecular weight is 797 g/mol. The number of hydrogen-bond acceptors (Lipinski definition) is 15. The summed E-state index contributed by atoms with van der Waals surface area (Å²) in [4.78, 5) is 32.2. The molecule has 0 aliphatic carbocycles. The molecule has 0 aromatic heterocycles. The van der Waals surface area contributed by atoms with Crippen LogP contribution in [-0.4, -0.2) is 96.5 Å². The molecule has 10 rings (SSSR count). The number of aromatic hydroxyl groups is 2.